The summed E-state index contributed by atoms with van der Waals surface area (Å²) in [5, 5.41) is 19.4. The number of carbonyl (C=O) groups is 1. The van der Waals surface area contributed by atoms with E-state index in [9.17, 15) is 14.9 Å². The first-order valence-electron chi connectivity index (χ1n) is 7.09. The second-order valence-electron chi connectivity index (χ2n) is 5.49. The average Bonchev–Trinajstić information content (AvgIpc) is 2.82. The van der Waals surface area contributed by atoms with Crippen molar-refractivity contribution in [1.29, 1.82) is 5.41 Å². The van der Waals surface area contributed by atoms with Crippen LogP contribution in [0.25, 0.3) is 0 Å². The number of ketones is 1. The Bertz CT molecular complexity index is 819. The van der Waals surface area contributed by atoms with Crippen LogP contribution in [-0.4, -0.2) is 16.4 Å². The lowest BCUT2D eigenvalue weighted by Gasteiger charge is -2.11. The number of nitro benzene ring substituents is 1. The molecule has 1 fully saturated rings. The van der Waals surface area contributed by atoms with Crippen molar-refractivity contribution in [1.82, 2.24) is 0 Å². The molecule has 0 aromatic heterocycles. The number of para-hydroxylation sites is 1. The third kappa shape index (κ3) is 2.82. The summed E-state index contributed by atoms with van der Waals surface area (Å²) < 4.78 is 0.838. The number of nitrogens with one attached hydrogen (secondary N) is 1. The minimum atomic E-state index is -0.631. The average molecular weight is 373 g/mol. The predicted molar refractivity (Wildman–Crippen MR) is 90.1 cm³/mol. The van der Waals surface area contributed by atoms with Crippen molar-refractivity contribution in [3.63, 3.8) is 0 Å². The van der Waals surface area contributed by atoms with Crippen molar-refractivity contribution in [2.24, 2.45) is 0 Å². The number of benzene rings is 2. The van der Waals surface area contributed by atoms with Gasteiger partial charge in [-0.3, -0.25) is 14.9 Å². The zero-order valence-corrected chi connectivity index (χ0v) is 13.6. The fourth-order valence-electron chi connectivity index (χ4n) is 3.07. The molecule has 0 radical (unpaired) electrons. The van der Waals surface area contributed by atoms with E-state index < -0.39 is 16.8 Å². The first-order valence-corrected chi connectivity index (χ1v) is 7.88. The molecule has 0 bridgehead atoms. The highest BCUT2D eigenvalue weighted by molar-refractivity contribution is 9.10. The Labute approximate surface area is 141 Å². The molecule has 0 saturated heterocycles. The highest BCUT2D eigenvalue weighted by Gasteiger charge is 2.42. The van der Waals surface area contributed by atoms with E-state index in [0.29, 0.717) is 11.3 Å². The topological polar surface area (TPSA) is 84.1 Å². The molecule has 0 aliphatic heterocycles. The number of nitro groups is 1. The van der Waals surface area contributed by atoms with Crippen LogP contribution in [0.15, 0.2) is 53.0 Å². The van der Waals surface area contributed by atoms with Gasteiger partial charge in [0.2, 0.25) is 0 Å². The standard InChI is InChI=1S/C17H13BrN2O3/c18-11-5-3-4-10(8-11)16-14(19)9-13(17(16)21)12-6-1-2-7-15(12)20(22)23/h1-8,13,16,19H,9H2. The highest BCUT2D eigenvalue weighted by Crippen LogP contribution is 2.41. The van der Waals surface area contributed by atoms with Crippen LogP contribution in [0.3, 0.4) is 0 Å². The molecule has 0 spiro atoms. The Hall–Kier alpha value is -2.34. The number of rotatable bonds is 3. The minimum absolute atomic E-state index is 0.0615. The maximum atomic E-state index is 12.8. The van der Waals surface area contributed by atoms with Gasteiger partial charge < -0.3 is 5.41 Å². The van der Waals surface area contributed by atoms with Crippen LogP contribution in [0.5, 0.6) is 0 Å². The zero-order chi connectivity index (χ0) is 16.6. The van der Waals surface area contributed by atoms with Crippen molar-refractivity contribution >= 4 is 33.1 Å². The Kier molecular flexibility index (Phi) is 4.09. The van der Waals surface area contributed by atoms with E-state index in [2.05, 4.69) is 15.9 Å². The zero-order valence-electron chi connectivity index (χ0n) is 12.0. The number of carbonyl (C=O) groups excluding carboxylic acids is 1. The van der Waals surface area contributed by atoms with Gasteiger partial charge in [0.1, 0.15) is 0 Å². The molecule has 2 unspecified atom stereocenters. The van der Waals surface area contributed by atoms with Crippen LogP contribution in [0, 0.1) is 15.5 Å². The van der Waals surface area contributed by atoms with E-state index in [-0.39, 0.29) is 17.9 Å². The maximum Gasteiger partial charge on any atom is 0.273 e. The van der Waals surface area contributed by atoms with Crippen LogP contribution in [0.1, 0.15) is 29.4 Å². The molecule has 1 saturated carbocycles. The fourth-order valence-corrected chi connectivity index (χ4v) is 3.49. The van der Waals surface area contributed by atoms with Crippen LogP contribution < -0.4 is 0 Å². The van der Waals surface area contributed by atoms with E-state index in [1.54, 1.807) is 18.2 Å². The maximum absolute atomic E-state index is 12.8. The SMILES string of the molecule is N=C1CC(c2ccccc2[N+](=O)[O-])C(=O)C1c1cccc(Br)c1. The third-order valence-electron chi connectivity index (χ3n) is 4.09. The molecule has 5 nitrogen and oxygen atoms in total. The van der Waals surface area contributed by atoms with Crippen molar-refractivity contribution in [3.8, 4) is 0 Å². The summed E-state index contributed by atoms with van der Waals surface area (Å²) in [4.78, 5) is 23.5. The molecular weight excluding hydrogens is 360 g/mol. The molecule has 0 amide bonds. The summed E-state index contributed by atoms with van der Waals surface area (Å²) in [6.45, 7) is 0. The number of Topliss-reactive ketones (excluding diaryl/α,β-unsaturated/α-hetero) is 1. The Morgan fingerprint density at radius 2 is 1.91 bits per heavy atom. The summed E-state index contributed by atoms with van der Waals surface area (Å²) in [5.74, 6) is -1.41. The lowest BCUT2D eigenvalue weighted by atomic mass is 9.90. The molecule has 3 rings (SSSR count). The molecule has 1 N–H and O–H groups in total. The second kappa shape index (κ2) is 6.04. The van der Waals surface area contributed by atoms with Crippen molar-refractivity contribution < 1.29 is 9.72 Å². The molecule has 2 aromatic carbocycles. The number of halogens is 1. The highest BCUT2D eigenvalue weighted by atomic mass is 79.9. The lowest BCUT2D eigenvalue weighted by molar-refractivity contribution is -0.385. The monoisotopic (exact) mass is 372 g/mol. The van der Waals surface area contributed by atoms with Crippen molar-refractivity contribution in [2.75, 3.05) is 0 Å². The van der Waals surface area contributed by atoms with Gasteiger partial charge in [0.05, 0.1) is 16.8 Å². The van der Waals surface area contributed by atoms with Gasteiger partial charge in [-0.2, -0.15) is 0 Å². The molecule has 2 aromatic rings. The van der Waals surface area contributed by atoms with Crippen LogP contribution in [0.2, 0.25) is 0 Å². The van der Waals surface area contributed by atoms with Crippen molar-refractivity contribution in [3.05, 3.63) is 74.2 Å². The van der Waals surface area contributed by atoms with E-state index in [0.717, 1.165) is 10.0 Å². The smallest absolute Gasteiger partial charge is 0.273 e. The van der Waals surface area contributed by atoms with Crippen molar-refractivity contribution in [2.45, 2.75) is 18.3 Å². The third-order valence-corrected chi connectivity index (χ3v) is 4.58. The molecule has 0 heterocycles. The molecule has 1 aliphatic rings. The molecular formula is C17H13BrN2O3. The quantitative estimate of drug-likeness (QED) is 0.646. The first-order chi connectivity index (χ1) is 11.0. The van der Waals surface area contributed by atoms with E-state index in [1.807, 2.05) is 24.3 Å². The lowest BCUT2D eigenvalue weighted by Crippen LogP contribution is -2.15. The van der Waals surface area contributed by atoms with Gasteiger partial charge in [-0.05, 0) is 17.7 Å². The number of hydrogen-bond acceptors (Lipinski definition) is 4. The molecule has 23 heavy (non-hydrogen) atoms. The molecule has 1 aliphatic carbocycles. The number of hydrogen-bond donors (Lipinski definition) is 1. The van der Waals surface area contributed by atoms with Gasteiger partial charge in [0, 0.05) is 28.2 Å². The molecule has 6 heteroatoms. The van der Waals surface area contributed by atoms with Gasteiger partial charge in [0.25, 0.3) is 5.69 Å². The minimum Gasteiger partial charge on any atom is -0.309 e. The summed E-state index contributed by atoms with van der Waals surface area (Å²) in [6.07, 6.45) is 0.223. The Morgan fingerprint density at radius 1 is 1.17 bits per heavy atom. The largest absolute Gasteiger partial charge is 0.309 e. The summed E-state index contributed by atoms with van der Waals surface area (Å²) in [5.41, 5.74) is 1.38. The van der Waals surface area contributed by atoms with E-state index in [4.69, 9.17) is 5.41 Å². The fraction of sp³-hybridized carbons (Fsp3) is 0.176. The normalized spacial score (nSPS) is 20.7. The van der Waals surface area contributed by atoms with Gasteiger partial charge in [0.15, 0.2) is 5.78 Å². The summed E-state index contributed by atoms with van der Waals surface area (Å²) in [7, 11) is 0. The molecule has 2 atom stereocenters. The van der Waals surface area contributed by atoms with Gasteiger partial charge in [-0.15, -0.1) is 0 Å². The number of nitrogens with zero attached hydrogens (tertiary/aromatic N) is 1. The van der Waals surface area contributed by atoms with Crippen LogP contribution in [0.4, 0.5) is 5.69 Å². The van der Waals surface area contributed by atoms with Gasteiger partial charge in [-0.25, -0.2) is 0 Å². The van der Waals surface area contributed by atoms with Crippen LogP contribution >= 0.6 is 15.9 Å². The summed E-state index contributed by atoms with van der Waals surface area (Å²) in [6, 6.07) is 13.6. The van der Waals surface area contributed by atoms with Gasteiger partial charge in [-0.1, -0.05) is 46.3 Å². The first kappa shape index (κ1) is 15.6. The second-order valence-corrected chi connectivity index (χ2v) is 6.40. The van der Waals surface area contributed by atoms with E-state index in [1.165, 1.54) is 6.07 Å². The van der Waals surface area contributed by atoms with E-state index >= 15 is 0 Å². The predicted octanol–water partition coefficient (Wildman–Crippen LogP) is 4.22. The summed E-state index contributed by atoms with van der Waals surface area (Å²) >= 11 is 3.37. The Balaban J connectivity index is 2.01. The van der Waals surface area contributed by atoms with Crippen LogP contribution in [-0.2, 0) is 4.79 Å². The Morgan fingerprint density at radius 3 is 2.61 bits per heavy atom. The molecule has 116 valence electrons. The van der Waals surface area contributed by atoms with Gasteiger partial charge >= 0.3 is 0 Å².